The Morgan fingerprint density at radius 2 is 2.04 bits per heavy atom. The number of esters is 1. The summed E-state index contributed by atoms with van der Waals surface area (Å²) in [4.78, 5) is 26.0. The minimum atomic E-state index is -0.449. The highest BCUT2D eigenvalue weighted by molar-refractivity contribution is 7.71. The van der Waals surface area contributed by atoms with Gasteiger partial charge in [0.15, 0.2) is 4.77 Å². The molecule has 0 bridgehead atoms. The number of aromatic nitrogens is 2. The molecule has 5 nitrogen and oxygen atoms in total. The molecule has 0 fully saturated rings. The van der Waals surface area contributed by atoms with E-state index in [2.05, 4.69) is 11.6 Å². The monoisotopic (exact) mass is 330 g/mol. The van der Waals surface area contributed by atoms with Gasteiger partial charge in [-0.2, -0.15) is 0 Å². The normalized spacial score (nSPS) is 11.7. The summed E-state index contributed by atoms with van der Waals surface area (Å²) in [5.41, 5.74) is 1.61. The Hall–Kier alpha value is -2.47. The number of carbonyl (C=O) groups is 1. The van der Waals surface area contributed by atoms with E-state index >= 15 is 0 Å². The summed E-state index contributed by atoms with van der Waals surface area (Å²) in [5.74, 6) is -0.449. The smallest absolute Gasteiger partial charge is 0.333 e. The van der Waals surface area contributed by atoms with Crippen molar-refractivity contribution in [3.05, 3.63) is 63.7 Å². The zero-order chi connectivity index (χ0) is 17.0. The quantitative estimate of drug-likeness (QED) is 0.520. The van der Waals surface area contributed by atoms with Gasteiger partial charge in [-0.05, 0) is 31.6 Å². The van der Waals surface area contributed by atoms with Crippen LogP contribution in [0.5, 0.6) is 0 Å². The predicted molar refractivity (Wildman–Crippen MR) is 91.7 cm³/mol. The van der Waals surface area contributed by atoms with Gasteiger partial charge in [0.1, 0.15) is 6.10 Å². The highest BCUT2D eigenvalue weighted by atomic mass is 32.1. The molecule has 0 amide bonds. The predicted octanol–water partition coefficient (Wildman–Crippen LogP) is 3.08. The van der Waals surface area contributed by atoms with Crippen LogP contribution >= 0.6 is 12.2 Å². The van der Waals surface area contributed by atoms with Crippen LogP contribution in [0.1, 0.15) is 13.8 Å². The molecule has 0 radical (unpaired) electrons. The van der Waals surface area contributed by atoms with Crippen molar-refractivity contribution >= 4 is 18.2 Å². The molecule has 2 aromatic rings. The standard InChI is InChI=1S/C17H18N2O3S/c1-11(2)16(21)22-12(3)10-19-14(9-15(20)18-17(19)23)13-7-5-4-6-8-13/h4-9,12H,1,10H2,2-3H3,(H,18,20,23). The number of hydrogen-bond donors (Lipinski definition) is 1. The molecule has 1 N–H and O–H groups in total. The van der Waals surface area contributed by atoms with Gasteiger partial charge in [0.05, 0.1) is 12.2 Å². The van der Waals surface area contributed by atoms with Crippen LogP contribution in [-0.2, 0) is 16.1 Å². The SMILES string of the molecule is C=C(C)C(=O)OC(C)Cn1c(-c2ccccc2)cc(=O)[nH]c1=S. The molecule has 1 atom stereocenters. The van der Waals surface area contributed by atoms with Crippen molar-refractivity contribution in [2.75, 3.05) is 0 Å². The van der Waals surface area contributed by atoms with E-state index in [-0.39, 0.29) is 10.3 Å². The van der Waals surface area contributed by atoms with Gasteiger partial charge in [-0.3, -0.25) is 9.78 Å². The van der Waals surface area contributed by atoms with Crippen molar-refractivity contribution < 1.29 is 9.53 Å². The Kier molecular flexibility index (Phi) is 5.28. The molecule has 1 aromatic heterocycles. The van der Waals surface area contributed by atoms with Gasteiger partial charge in [0.2, 0.25) is 0 Å². The second-order valence-electron chi connectivity index (χ2n) is 5.30. The third-order valence-corrected chi connectivity index (χ3v) is 3.52. The number of carbonyl (C=O) groups excluding carboxylic acids is 1. The van der Waals surface area contributed by atoms with Gasteiger partial charge in [-0.15, -0.1) is 0 Å². The average molecular weight is 330 g/mol. The lowest BCUT2D eigenvalue weighted by atomic mass is 10.1. The Morgan fingerprint density at radius 3 is 2.65 bits per heavy atom. The summed E-state index contributed by atoms with van der Waals surface area (Å²) >= 11 is 5.26. The fourth-order valence-electron chi connectivity index (χ4n) is 2.13. The van der Waals surface area contributed by atoms with Gasteiger partial charge in [0, 0.05) is 11.6 Å². The van der Waals surface area contributed by atoms with Gasteiger partial charge in [-0.25, -0.2) is 4.79 Å². The lowest BCUT2D eigenvalue weighted by Gasteiger charge is -2.18. The van der Waals surface area contributed by atoms with E-state index in [4.69, 9.17) is 17.0 Å². The van der Waals surface area contributed by atoms with E-state index in [1.807, 2.05) is 30.3 Å². The van der Waals surface area contributed by atoms with Crippen LogP contribution < -0.4 is 5.56 Å². The van der Waals surface area contributed by atoms with E-state index in [9.17, 15) is 9.59 Å². The molecule has 1 aromatic carbocycles. The fraction of sp³-hybridized carbons (Fsp3) is 0.235. The van der Waals surface area contributed by atoms with Gasteiger partial charge in [0.25, 0.3) is 5.56 Å². The second-order valence-corrected chi connectivity index (χ2v) is 5.68. The van der Waals surface area contributed by atoms with Crippen LogP contribution in [0.3, 0.4) is 0 Å². The zero-order valence-electron chi connectivity index (χ0n) is 13.0. The minimum absolute atomic E-state index is 0.267. The molecule has 0 aliphatic carbocycles. The molecule has 0 spiro atoms. The largest absolute Gasteiger partial charge is 0.457 e. The molecular formula is C17H18N2O3S. The second kappa shape index (κ2) is 7.19. The highest BCUT2D eigenvalue weighted by Gasteiger charge is 2.14. The van der Waals surface area contributed by atoms with E-state index < -0.39 is 12.1 Å². The van der Waals surface area contributed by atoms with Crippen molar-refractivity contribution in [3.63, 3.8) is 0 Å². The molecule has 6 heteroatoms. The van der Waals surface area contributed by atoms with Crippen LogP contribution in [0.2, 0.25) is 0 Å². The first-order valence-corrected chi connectivity index (χ1v) is 7.55. The lowest BCUT2D eigenvalue weighted by Crippen LogP contribution is -2.24. The Balaban J connectivity index is 2.39. The van der Waals surface area contributed by atoms with E-state index in [0.29, 0.717) is 17.8 Å². The third kappa shape index (κ3) is 4.26. The topological polar surface area (TPSA) is 64.1 Å². The minimum Gasteiger partial charge on any atom is -0.457 e. The molecule has 1 heterocycles. The summed E-state index contributed by atoms with van der Waals surface area (Å²) in [5, 5.41) is 0. The molecule has 2 rings (SSSR count). The summed E-state index contributed by atoms with van der Waals surface area (Å²) in [6.07, 6.45) is -0.417. The molecule has 0 saturated heterocycles. The number of rotatable bonds is 5. The highest BCUT2D eigenvalue weighted by Crippen LogP contribution is 2.18. The molecule has 0 aliphatic heterocycles. The number of hydrogen-bond acceptors (Lipinski definition) is 4. The van der Waals surface area contributed by atoms with Crippen molar-refractivity contribution in [2.24, 2.45) is 0 Å². The van der Waals surface area contributed by atoms with Gasteiger partial charge in [-0.1, -0.05) is 36.9 Å². The number of ether oxygens (including phenoxy) is 1. The number of H-pyrrole nitrogens is 1. The number of aromatic amines is 1. The zero-order valence-corrected chi connectivity index (χ0v) is 13.9. The molecule has 0 aliphatic rings. The Morgan fingerprint density at radius 1 is 1.39 bits per heavy atom. The van der Waals surface area contributed by atoms with E-state index in [1.54, 1.807) is 18.4 Å². The van der Waals surface area contributed by atoms with E-state index in [0.717, 1.165) is 5.56 Å². The Labute approximate surface area is 139 Å². The maximum absolute atomic E-state index is 11.8. The number of benzene rings is 1. The van der Waals surface area contributed by atoms with Crippen LogP contribution in [-0.4, -0.2) is 21.6 Å². The molecule has 120 valence electrons. The molecule has 1 unspecified atom stereocenters. The number of nitrogens with zero attached hydrogens (tertiary/aromatic N) is 1. The van der Waals surface area contributed by atoms with Crippen LogP contribution in [0.15, 0.2) is 53.3 Å². The summed E-state index contributed by atoms with van der Waals surface area (Å²) in [6.45, 7) is 7.25. The summed E-state index contributed by atoms with van der Waals surface area (Å²) in [6, 6.07) is 10.9. The maximum atomic E-state index is 11.8. The van der Waals surface area contributed by atoms with Crippen molar-refractivity contribution in [1.82, 2.24) is 9.55 Å². The fourth-order valence-corrected chi connectivity index (χ4v) is 2.40. The first-order chi connectivity index (χ1) is 10.9. The first kappa shape index (κ1) is 16.9. The third-order valence-electron chi connectivity index (χ3n) is 3.20. The molecule has 0 saturated carbocycles. The summed E-state index contributed by atoms with van der Waals surface area (Å²) < 4.78 is 7.33. The number of nitrogens with one attached hydrogen (secondary N) is 1. The average Bonchev–Trinajstić information content (AvgIpc) is 2.50. The van der Waals surface area contributed by atoms with Crippen molar-refractivity contribution in [2.45, 2.75) is 26.5 Å². The van der Waals surface area contributed by atoms with Crippen LogP contribution in [0, 0.1) is 4.77 Å². The first-order valence-electron chi connectivity index (χ1n) is 7.14. The summed E-state index contributed by atoms with van der Waals surface area (Å²) in [7, 11) is 0. The Bertz CT molecular complexity index is 837. The van der Waals surface area contributed by atoms with Gasteiger partial charge >= 0.3 is 5.97 Å². The van der Waals surface area contributed by atoms with Crippen molar-refractivity contribution in [3.8, 4) is 11.3 Å². The molecular weight excluding hydrogens is 312 g/mol. The maximum Gasteiger partial charge on any atom is 0.333 e. The van der Waals surface area contributed by atoms with E-state index in [1.165, 1.54) is 6.07 Å². The van der Waals surface area contributed by atoms with Crippen LogP contribution in [0.25, 0.3) is 11.3 Å². The lowest BCUT2D eigenvalue weighted by molar-refractivity contribution is -0.143. The van der Waals surface area contributed by atoms with Crippen molar-refractivity contribution in [1.29, 1.82) is 0 Å². The molecule has 23 heavy (non-hydrogen) atoms. The van der Waals surface area contributed by atoms with Gasteiger partial charge < -0.3 is 9.30 Å². The van der Waals surface area contributed by atoms with Crippen LogP contribution in [0.4, 0.5) is 0 Å².